The van der Waals surface area contributed by atoms with Gasteiger partial charge in [-0.1, -0.05) is 0 Å². The minimum Gasteiger partial charge on any atom is -0.459 e. The molecule has 0 N–H and O–H groups in total. The number of esters is 1. The number of anilines is 1. The number of rotatable bonds is 4. The summed E-state index contributed by atoms with van der Waals surface area (Å²) in [5.74, 6) is 0.342. The molecule has 30 heavy (non-hydrogen) atoms. The molecule has 1 saturated heterocycles. The predicted molar refractivity (Wildman–Crippen MR) is 110 cm³/mol. The molecule has 0 unspecified atom stereocenters. The number of hydrogen-bond acceptors (Lipinski definition) is 7. The maximum absolute atomic E-state index is 12.5. The number of hydrogen-bond donors (Lipinski definition) is 0. The summed E-state index contributed by atoms with van der Waals surface area (Å²) in [7, 11) is 0. The van der Waals surface area contributed by atoms with Crippen molar-refractivity contribution in [2.24, 2.45) is 5.92 Å². The van der Waals surface area contributed by atoms with Crippen molar-refractivity contribution in [1.82, 2.24) is 14.4 Å². The molecule has 0 radical (unpaired) electrons. The van der Waals surface area contributed by atoms with Crippen LogP contribution in [0.1, 0.15) is 29.7 Å². The molecule has 4 heterocycles. The molecule has 152 valence electrons. The number of fused-ring (bicyclic) bond motifs is 1. The van der Waals surface area contributed by atoms with Crippen molar-refractivity contribution in [2.75, 3.05) is 18.0 Å². The molecule has 3 aromatic rings. The first-order chi connectivity index (χ1) is 14.5. The summed E-state index contributed by atoms with van der Waals surface area (Å²) in [6.45, 7) is 3.29. The molecule has 0 amide bonds. The highest BCUT2D eigenvalue weighted by Crippen LogP contribution is 2.23. The molecule has 8 nitrogen and oxygen atoms in total. The van der Waals surface area contributed by atoms with E-state index in [0.717, 1.165) is 11.4 Å². The van der Waals surface area contributed by atoms with Crippen LogP contribution in [-0.4, -0.2) is 33.4 Å². The van der Waals surface area contributed by atoms with E-state index >= 15 is 0 Å². The smallest absolute Gasteiger partial charge is 0.309 e. The number of aromatic nitrogens is 3. The average Bonchev–Trinajstić information content (AvgIpc) is 2.77. The second-order valence-electron chi connectivity index (χ2n) is 7.40. The number of carbonyl (C=O) groups is 1. The van der Waals surface area contributed by atoms with Crippen LogP contribution < -0.4 is 10.5 Å². The van der Waals surface area contributed by atoms with Crippen molar-refractivity contribution >= 4 is 17.4 Å². The lowest BCUT2D eigenvalue weighted by Crippen LogP contribution is -2.37. The molecule has 4 rings (SSSR count). The maximum atomic E-state index is 12.5. The fourth-order valence-electron chi connectivity index (χ4n) is 3.57. The first-order valence-corrected chi connectivity index (χ1v) is 9.80. The zero-order chi connectivity index (χ0) is 21.1. The molecule has 0 aromatic carbocycles. The van der Waals surface area contributed by atoms with Gasteiger partial charge in [-0.3, -0.25) is 14.0 Å². The largest absolute Gasteiger partial charge is 0.459 e. The standard InChI is InChI=1S/C22H21N5O3/c1-15-4-9-27-20(10-15)25-18(11-21(27)28)14-30-22(29)17-5-7-26(8-6-17)19-3-2-16(12-23)13-24-19/h2-4,9-11,13,17H,5-8,14H2,1H3. The Hall–Kier alpha value is -3.73. The van der Waals surface area contributed by atoms with Gasteiger partial charge in [0.1, 0.15) is 24.1 Å². The topological polar surface area (TPSA) is 101 Å². The highest BCUT2D eigenvalue weighted by molar-refractivity contribution is 5.72. The molecular formula is C22H21N5O3. The second-order valence-corrected chi connectivity index (χ2v) is 7.40. The Balaban J connectivity index is 1.34. The predicted octanol–water partition coefficient (Wildman–Crippen LogP) is 2.23. The van der Waals surface area contributed by atoms with Gasteiger partial charge in [0.25, 0.3) is 5.56 Å². The van der Waals surface area contributed by atoms with E-state index in [1.807, 2.05) is 25.1 Å². The van der Waals surface area contributed by atoms with Crippen LogP contribution in [0, 0.1) is 24.2 Å². The van der Waals surface area contributed by atoms with Gasteiger partial charge in [-0.15, -0.1) is 0 Å². The van der Waals surface area contributed by atoms with Gasteiger partial charge in [0, 0.05) is 31.5 Å². The third-order valence-electron chi connectivity index (χ3n) is 5.27. The van der Waals surface area contributed by atoms with Gasteiger partial charge in [-0.25, -0.2) is 9.97 Å². The molecular weight excluding hydrogens is 382 g/mol. The minimum atomic E-state index is -0.270. The fourth-order valence-corrected chi connectivity index (χ4v) is 3.57. The van der Waals surface area contributed by atoms with Crippen LogP contribution >= 0.6 is 0 Å². The molecule has 1 aliphatic heterocycles. The van der Waals surface area contributed by atoms with Gasteiger partial charge in [0.05, 0.1) is 17.2 Å². The summed E-state index contributed by atoms with van der Waals surface area (Å²) >= 11 is 0. The van der Waals surface area contributed by atoms with Crippen LogP contribution in [0.2, 0.25) is 0 Å². The van der Waals surface area contributed by atoms with Crippen molar-refractivity contribution in [2.45, 2.75) is 26.4 Å². The third-order valence-corrected chi connectivity index (χ3v) is 5.27. The SMILES string of the molecule is Cc1ccn2c(=O)cc(COC(=O)C3CCN(c4ccc(C#N)cn4)CC3)nc2c1. The van der Waals surface area contributed by atoms with Crippen molar-refractivity contribution in [3.63, 3.8) is 0 Å². The quantitative estimate of drug-likeness (QED) is 0.616. The van der Waals surface area contributed by atoms with Gasteiger partial charge in [0.15, 0.2) is 0 Å². The summed E-state index contributed by atoms with van der Waals surface area (Å²) < 4.78 is 6.92. The maximum Gasteiger partial charge on any atom is 0.309 e. The van der Waals surface area contributed by atoms with Crippen LogP contribution in [0.15, 0.2) is 47.5 Å². The molecule has 3 aromatic heterocycles. The Morgan fingerprint density at radius 3 is 2.77 bits per heavy atom. The average molecular weight is 403 g/mol. The normalized spacial score (nSPS) is 14.5. The molecule has 8 heteroatoms. The van der Waals surface area contributed by atoms with Crippen molar-refractivity contribution < 1.29 is 9.53 Å². The first kappa shape index (κ1) is 19.6. The Kier molecular flexibility index (Phi) is 5.44. The molecule has 0 saturated carbocycles. The van der Waals surface area contributed by atoms with Crippen molar-refractivity contribution in [1.29, 1.82) is 5.26 Å². The number of carbonyl (C=O) groups excluding carboxylic acids is 1. The van der Waals surface area contributed by atoms with Gasteiger partial charge >= 0.3 is 5.97 Å². The summed E-state index contributed by atoms with van der Waals surface area (Å²) in [6, 6.07) is 10.7. The number of nitriles is 1. The highest BCUT2D eigenvalue weighted by atomic mass is 16.5. The highest BCUT2D eigenvalue weighted by Gasteiger charge is 2.27. The number of piperidine rings is 1. The number of nitrogens with zero attached hydrogens (tertiary/aromatic N) is 5. The minimum absolute atomic E-state index is 0.0179. The molecule has 0 spiro atoms. The first-order valence-electron chi connectivity index (χ1n) is 9.80. The van der Waals surface area contributed by atoms with E-state index in [1.165, 1.54) is 10.5 Å². The lowest BCUT2D eigenvalue weighted by molar-refractivity contribution is -0.150. The number of aryl methyl sites for hydroxylation is 1. The molecule has 1 fully saturated rings. The summed E-state index contributed by atoms with van der Waals surface area (Å²) in [4.78, 5) is 35.5. The Bertz CT molecular complexity index is 1170. The summed E-state index contributed by atoms with van der Waals surface area (Å²) in [5.41, 5.74) is 2.30. The van der Waals surface area contributed by atoms with Gasteiger partial charge in [0.2, 0.25) is 0 Å². The van der Waals surface area contributed by atoms with Crippen LogP contribution in [0.4, 0.5) is 5.82 Å². The fraction of sp³-hybridized carbons (Fsp3) is 0.318. The van der Waals surface area contributed by atoms with Crippen LogP contribution in [-0.2, 0) is 16.1 Å². The molecule has 0 atom stereocenters. The van der Waals surface area contributed by atoms with Crippen molar-refractivity contribution in [3.8, 4) is 6.07 Å². The van der Waals surface area contributed by atoms with Gasteiger partial charge < -0.3 is 9.64 Å². The lowest BCUT2D eigenvalue weighted by atomic mass is 9.97. The van der Waals surface area contributed by atoms with E-state index in [1.54, 1.807) is 18.5 Å². The summed E-state index contributed by atoms with van der Waals surface area (Å²) in [5, 5.41) is 8.87. The van der Waals surface area contributed by atoms with Crippen molar-refractivity contribution in [3.05, 3.63) is 69.9 Å². The number of pyridine rings is 2. The van der Waals surface area contributed by atoms with E-state index in [0.29, 0.717) is 42.8 Å². The van der Waals surface area contributed by atoms with E-state index in [2.05, 4.69) is 20.9 Å². The third kappa shape index (κ3) is 4.15. The van der Waals surface area contributed by atoms with Crippen LogP contribution in [0.25, 0.3) is 5.65 Å². The van der Waals surface area contributed by atoms with Crippen LogP contribution in [0.3, 0.4) is 0 Å². The zero-order valence-electron chi connectivity index (χ0n) is 16.6. The molecule has 0 bridgehead atoms. The lowest BCUT2D eigenvalue weighted by Gasteiger charge is -2.31. The summed E-state index contributed by atoms with van der Waals surface area (Å²) in [6.07, 6.45) is 4.56. The van der Waals surface area contributed by atoms with E-state index in [-0.39, 0.29) is 24.1 Å². The second kappa shape index (κ2) is 8.33. The van der Waals surface area contributed by atoms with Crippen LogP contribution in [0.5, 0.6) is 0 Å². The van der Waals surface area contributed by atoms with Gasteiger partial charge in [-0.05, 0) is 49.6 Å². The monoisotopic (exact) mass is 403 g/mol. The van der Waals surface area contributed by atoms with E-state index in [4.69, 9.17) is 10.00 Å². The van der Waals surface area contributed by atoms with E-state index in [9.17, 15) is 9.59 Å². The Morgan fingerprint density at radius 1 is 1.27 bits per heavy atom. The Morgan fingerprint density at radius 2 is 2.07 bits per heavy atom. The molecule has 1 aliphatic rings. The zero-order valence-corrected chi connectivity index (χ0v) is 16.6. The number of ether oxygens (including phenoxy) is 1. The molecule has 0 aliphatic carbocycles. The van der Waals surface area contributed by atoms with Gasteiger partial charge in [-0.2, -0.15) is 5.26 Å². The Labute approximate surface area is 173 Å². The van der Waals surface area contributed by atoms with E-state index < -0.39 is 0 Å².